The first-order chi connectivity index (χ1) is 9.15. The first-order valence-electron chi connectivity index (χ1n) is 5.65. The topological polar surface area (TPSA) is 50.4 Å². The minimum Gasteiger partial charge on any atom is -0.478 e. The van der Waals surface area contributed by atoms with Gasteiger partial charge in [-0.25, -0.2) is 9.18 Å². The fourth-order valence-corrected chi connectivity index (χ4v) is 2.00. The van der Waals surface area contributed by atoms with Crippen molar-refractivity contribution in [2.24, 2.45) is 0 Å². The third-order valence-corrected chi connectivity index (χ3v) is 2.98. The maximum Gasteiger partial charge on any atom is 0.335 e. The molecule has 1 aromatic heterocycles. The van der Waals surface area contributed by atoms with Crippen molar-refractivity contribution in [2.45, 2.75) is 0 Å². The zero-order valence-electron chi connectivity index (χ0n) is 9.76. The molecule has 94 valence electrons. The molecule has 0 bridgehead atoms. The van der Waals surface area contributed by atoms with Crippen LogP contribution in [0.3, 0.4) is 0 Å². The molecule has 0 spiro atoms. The van der Waals surface area contributed by atoms with Crippen LogP contribution in [0.2, 0.25) is 0 Å². The summed E-state index contributed by atoms with van der Waals surface area (Å²) in [6, 6.07) is 10.8. The van der Waals surface area contributed by atoms with E-state index in [0.717, 1.165) is 11.5 Å². The normalized spacial score (nSPS) is 10.8. The van der Waals surface area contributed by atoms with Crippen LogP contribution in [0.4, 0.5) is 4.39 Å². The summed E-state index contributed by atoms with van der Waals surface area (Å²) in [6.07, 6.45) is 1.55. The predicted octanol–water partition coefficient (Wildman–Crippen LogP) is 3.94. The average molecular weight is 256 g/mol. The molecule has 0 atom stereocenters. The van der Waals surface area contributed by atoms with Gasteiger partial charge in [-0.15, -0.1) is 0 Å². The van der Waals surface area contributed by atoms with Crippen molar-refractivity contribution in [1.82, 2.24) is 0 Å². The number of furan rings is 1. The zero-order valence-corrected chi connectivity index (χ0v) is 9.76. The molecule has 0 unspecified atom stereocenters. The van der Waals surface area contributed by atoms with Gasteiger partial charge in [0, 0.05) is 10.9 Å². The summed E-state index contributed by atoms with van der Waals surface area (Å²) in [5.74, 6) is -1.55. The molecular weight excluding hydrogens is 247 g/mol. The molecule has 1 heterocycles. The number of aromatic carboxylic acids is 1. The van der Waals surface area contributed by atoms with Crippen molar-refractivity contribution in [3.05, 3.63) is 60.1 Å². The molecule has 0 saturated carbocycles. The lowest BCUT2D eigenvalue weighted by Gasteiger charge is -2.05. The monoisotopic (exact) mass is 256 g/mol. The van der Waals surface area contributed by atoms with Crippen molar-refractivity contribution in [1.29, 1.82) is 0 Å². The highest BCUT2D eigenvalue weighted by Gasteiger charge is 2.11. The largest absolute Gasteiger partial charge is 0.478 e. The summed E-state index contributed by atoms with van der Waals surface area (Å²) < 4.78 is 19.1. The van der Waals surface area contributed by atoms with Crippen LogP contribution in [0.5, 0.6) is 0 Å². The van der Waals surface area contributed by atoms with Gasteiger partial charge in [-0.05, 0) is 35.9 Å². The van der Waals surface area contributed by atoms with E-state index in [1.807, 2.05) is 6.07 Å². The van der Waals surface area contributed by atoms with Gasteiger partial charge >= 0.3 is 5.97 Å². The fourth-order valence-electron chi connectivity index (χ4n) is 2.00. The highest BCUT2D eigenvalue weighted by molar-refractivity contribution is 5.90. The maximum atomic E-state index is 13.8. The molecule has 0 amide bonds. The molecule has 3 nitrogen and oxygen atoms in total. The number of halogens is 1. The standard InChI is InChI=1S/C15H9FO3/c16-13-4-3-11(15(17)18)7-12(13)10-2-1-9-5-6-19-14(9)8-10/h1-8H,(H,17,18). The highest BCUT2D eigenvalue weighted by atomic mass is 19.1. The van der Waals surface area contributed by atoms with Crippen molar-refractivity contribution >= 4 is 16.9 Å². The van der Waals surface area contributed by atoms with Gasteiger partial charge in [-0.2, -0.15) is 0 Å². The summed E-state index contributed by atoms with van der Waals surface area (Å²) in [5.41, 5.74) is 1.52. The van der Waals surface area contributed by atoms with E-state index in [-0.39, 0.29) is 11.1 Å². The molecule has 2 aromatic carbocycles. The van der Waals surface area contributed by atoms with Gasteiger partial charge in [-0.3, -0.25) is 0 Å². The maximum absolute atomic E-state index is 13.8. The number of carbonyl (C=O) groups is 1. The average Bonchev–Trinajstić information content (AvgIpc) is 2.86. The second kappa shape index (κ2) is 4.24. The summed E-state index contributed by atoms with van der Waals surface area (Å²) in [7, 11) is 0. The minimum atomic E-state index is -1.08. The summed E-state index contributed by atoms with van der Waals surface area (Å²) in [6.45, 7) is 0. The number of carboxylic acids is 1. The van der Waals surface area contributed by atoms with E-state index in [0.29, 0.717) is 11.1 Å². The molecule has 1 N–H and O–H groups in total. The van der Waals surface area contributed by atoms with Crippen molar-refractivity contribution in [3.63, 3.8) is 0 Å². The van der Waals surface area contributed by atoms with Gasteiger partial charge < -0.3 is 9.52 Å². The second-order valence-electron chi connectivity index (χ2n) is 4.17. The summed E-state index contributed by atoms with van der Waals surface area (Å²) in [5, 5.41) is 9.86. The van der Waals surface area contributed by atoms with Crippen LogP contribution < -0.4 is 0 Å². The third-order valence-electron chi connectivity index (χ3n) is 2.98. The van der Waals surface area contributed by atoms with Gasteiger partial charge in [-0.1, -0.05) is 12.1 Å². The summed E-state index contributed by atoms with van der Waals surface area (Å²) in [4.78, 5) is 10.9. The number of hydrogen-bond acceptors (Lipinski definition) is 2. The van der Waals surface area contributed by atoms with Crippen LogP contribution in [-0.4, -0.2) is 11.1 Å². The Bertz CT molecular complexity index is 774. The lowest BCUT2D eigenvalue weighted by Crippen LogP contribution is -1.97. The van der Waals surface area contributed by atoms with E-state index in [2.05, 4.69) is 0 Å². The van der Waals surface area contributed by atoms with Crippen LogP contribution in [0, 0.1) is 5.82 Å². The van der Waals surface area contributed by atoms with Gasteiger partial charge in [0.05, 0.1) is 11.8 Å². The van der Waals surface area contributed by atoms with E-state index >= 15 is 0 Å². The zero-order chi connectivity index (χ0) is 13.4. The van der Waals surface area contributed by atoms with Crippen molar-refractivity contribution in [3.8, 4) is 11.1 Å². The molecule has 0 saturated heterocycles. The molecule has 3 rings (SSSR count). The molecule has 0 radical (unpaired) electrons. The van der Waals surface area contributed by atoms with Crippen LogP contribution in [0.25, 0.3) is 22.1 Å². The van der Waals surface area contributed by atoms with E-state index in [1.165, 1.54) is 12.1 Å². The van der Waals surface area contributed by atoms with E-state index in [1.54, 1.807) is 24.5 Å². The quantitative estimate of drug-likeness (QED) is 0.755. The van der Waals surface area contributed by atoms with E-state index in [9.17, 15) is 9.18 Å². The van der Waals surface area contributed by atoms with Crippen LogP contribution in [-0.2, 0) is 0 Å². The molecule has 0 aliphatic carbocycles. The molecule has 0 aliphatic rings. The third kappa shape index (κ3) is 1.97. The van der Waals surface area contributed by atoms with Crippen LogP contribution >= 0.6 is 0 Å². The minimum absolute atomic E-state index is 0.0518. The number of carboxylic acid groups (broad SMARTS) is 1. The lowest BCUT2D eigenvalue weighted by atomic mass is 10.0. The fraction of sp³-hybridized carbons (Fsp3) is 0. The number of rotatable bonds is 2. The first-order valence-corrected chi connectivity index (χ1v) is 5.65. The number of benzene rings is 2. The first kappa shape index (κ1) is 11.5. The Kier molecular flexibility index (Phi) is 2.56. The van der Waals surface area contributed by atoms with Gasteiger partial charge in [0.15, 0.2) is 0 Å². The highest BCUT2D eigenvalue weighted by Crippen LogP contribution is 2.28. The second-order valence-corrected chi connectivity index (χ2v) is 4.17. The molecule has 19 heavy (non-hydrogen) atoms. The molecule has 0 aliphatic heterocycles. The number of hydrogen-bond donors (Lipinski definition) is 1. The van der Waals surface area contributed by atoms with Gasteiger partial charge in [0.25, 0.3) is 0 Å². The van der Waals surface area contributed by atoms with Crippen LogP contribution in [0.1, 0.15) is 10.4 Å². The predicted molar refractivity (Wildman–Crippen MR) is 68.6 cm³/mol. The van der Waals surface area contributed by atoms with Crippen molar-refractivity contribution < 1.29 is 18.7 Å². The Morgan fingerprint density at radius 3 is 2.74 bits per heavy atom. The Balaban J connectivity index is 2.19. The molecular formula is C15H9FO3. The van der Waals surface area contributed by atoms with Gasteiger partial charge in [0.1, 0.15) is 11.4 Å². The Morgan fingerprint density at radius 1 is 1.11 bits per heavy atom. The molecule has 0 fully saturated rings. The molecule has 3 aromatic rings. The van der Waals surface area contributed by atoms with Crippen molar-refractivity contribution in [2.75, 3.05) is 0 Å². The Morgan fingerprint density at radius 2 is 1.95 bits per heavy atom. The Hall–Kier alpha value is -2.62. The summed E-state index contributed by atoms with van der Waals surface area (Å²) >= 11 is 0. The number of fused-ring (bicyclic) bond motifs is 1. The van der Waals surface area contributed by atoms with Crippen LogP contribution in [0.15, 0.2) is 53.1 Å². The van der Waals surface area contributed by atoms with E-state index < -0.39 is 11.8 Å². The molecule has 4 heteroatoms. The Labute approximate surface area is 107 Å². The van der Waals surface area contributed by atoms with Gasteiger partial charge in [0.2, 0.25) is 0 Å². The van der Waals surface area contributed by atoms with E-state index in [4.69, 9.17) is 9.52 Å². The lowest BCUT2D eigenvalue weighted by molar-refractivity contribution is 0.0697. The SMILES string of the molecule is O=C(O)c1ccc(F)c(-c2ccc3ccoc3c2)c1. The smallest absolute Gasteiger partial charge is 0.335 e.